The second kappa shape index (κ2) is 9.06. The number of piperidine rings is 1. The van der Waals surface area contributed by atoms with Crippen LogP contribution in [0.5, 0.6) is 0 Å². The largest absolute Gasteiger partial charge is 0.359 e. The zero-order valence-corrected chi connectivity index (χ0v) is 16.9. The summed E-state index contributed by atoms with van der Waals surface area (Å²) < 4.78 is 0. The smallest absolute Gasteiger partial charge is 0.220 e. The van der Waals surface area contributed by atoms with Crippen molar-refractivity contribution in [2.45, 2.75) is 45.4 Å². The molecule has 1 amide bonds. The third kappa shape index (κ3) is 5.48. The number of hydrogen-bond donors (Lipinski definition) is 2. The van der Waals surface area contributed by atoms with Crippen LogP contribution >= 0.6 is 0 Å². The fraction of sp³-hybridized carbons (Fsp3) is 0.619. The molecule has 0 bridgehead atoms. The number of nitrogens with one attached hydrogen (secondary N) is 2. The molecule has 26 heavy (non-hydrogen) atoms. The molecule has 5 heteroatoms. The van der Waals surface area contributed by atoms with Gasteiger partial charge in [-0.1, -0.05) is 43.7 Å². The molecule has 1 fully saturated rings. The van der Waals surface area contributed by atoms with Gasteiger partial charge in [-0.2, -0.15) is 0 Å². The van der Waals surface area contributed by atoms with Gasteiger partial charge in [-0.05, 0) is 31.2 Å². The molecular weight excluding hydrogens is 324 g/mol. The summed E-state index contributed by atoms with van der Waals surface area (Å²) in [5, 5.41) is 6.29. The Morgan fingerprint density at radius 1 is 1.31 bits per heavy atom. The topological polar surface area (TPSA) is 56.7 Å². The van der Waals surface area contributed by atoms with Crippen LogP contribution in [0.4, 0.5) is 0 Å². The molecule has 1 aromatic carbocycles. The summed E-state index contributed by atoms with van der Waals surface area (Å²) in [7, 11) is 3.55. The van der Waals surface area contributed by atoms with Gasteiger partial charge in [-0.3, -0.25) is 9.79 Å². The van der Waals surface area contributed by atoms with Gasteiger partial charge in [0.2, 0.25) is 5.91 Å². The van der Waals surface area contributed by atoms with Crippen molar-refractivity contribution in [3.63, 3.8) is 0 Å². The Morgan fingerprint density at radius 2 is 2.00 bits per heavy atom. The van der Waals surface area contributed by atoms with E-state index in [1.807, 2.05) is 7.05 Å². The maximum Gasteiger partial charge on any atom is 0.220 e. The molecule has 0 aromatic heterocycles. The SMILES string of the molecule is CN=C(NCC(C)(C)c1cccc(C)c1)N1CCC(CC(=O)NC)CC1. The number of aliphatic imine (C=N–C) groups is 1. The van der Waals surface area contributed by atoms with Gasteiger partial charge in [0.25, 0.3) is 0 Å². The molecule has 1 aliphatic rings. The Balaban J connectivity index is 1.89. The van der Waals surface area contributed by atoms with Crippen molar-refractivity contribution < 1.29 is 4.79 Å². The predicted molar refractivity (Wildman–Crippen MR) is 109 cm³/mol. The van der Waals surface area contributed by atoms with Crippen molar-refractivity contribution in [1.29, 1.82) is 0 Å². The lowest BCUT2D eigenvalue weighted by Crippen LogP contribution is -2.48. The lowest BCUT2D eigenvalue weighted by molar-refractivity contribution is -0.121. The second-order valence-corrected chi connectivity index (χ2v) is 7.96. The fourth-order valence-electron chi connectivity index (χ4n) is 3.51. The van der Waals surface area contributed by atoms with Crippen LogP contribution in [-0.2, 0) is 10.2 Å². The van der Waals surface area contributed by atoms with E-state index >= 15 is 0 Å². The van der Waals surface area contributed by atoms with Crippen LogP contribution in [0.15, 0.2) is 29.3 Å². The number of benzene rings is 1. The quantitative estimate of drug-likeness (QED) is 0.628. The maximum absolute atomic E-state index is 11.6. The molecule has 5 nitrogen and oxygen atoms in total. The van der Waals surface area contributed by atoms with E-state index in [9.17, 15) is 4.79 Å². The number of hydrogen-bond acceptors (Lipinski definition) is 2. The molecule has 2 rings (SSSR count). The van der Waals surface area contributed by atoms with Gasteiger partial charge < -0.3 is 15.5 Å². The minimum absolute atomic E-state index is 0.0273. The van der Waals surface area contributed by atoms with Gasteiger partial charge in [0, 0.05) is 45.6 Å². The van der Waals surface area contributed by atoms with E-state index in [0.29, 0.717) is 12.3 Å². The number of aryl methyl sites for hydroxylation is 1. The third-order valence-electron chi connectivity index (χ3n) is 5.37. The second-order valence-electron chi connectivity index (χ2n) is 7.96. The summed E-state index contributed by atoms with van der Waals surface area (Å²) in [6, 6.07) is 8.71. The van der Waals surface area contributed by atoms with Crippen molar-refractivity contribution in [3.05, 3.63) is 35.4 Å². The van der Waals surface area contributed by atoms with Gasteiger partial charge in [-0.25, -0.2) is 0 Å². The van der Waals surface area contributed by atoms with Crippen molar-refractivity contribution >= 4 is 11.9 Å². The van der Waals surface area contributed by atoms with E-state index in [0.717, 1.165) is 38.4 Å². The van der Waals surface area contributed by atoms with E-state index in [4.69, 9.17) is 0 Å². The van der Waals surface area contributed by atoms with Crippen LogP contribution in [0, 0.1) is 12.8 Å². The lowest BCUT2D eigenvalue weighted by Gasteiger charge is -2.35. The van der Waals surface area contributed by atoms with E-state index < -0.39 is 0 Å². The average Bonchev–Trinajstić information content (AvgIpc) is 2.63. The molecule has 1 aromatic rings. The van der Waals surface area contributed by atoms with Crippen LogP contribution in [0.2, 0.25) is 0 Å². The summed E-state index contributed by atoms with van der Waals surface area (Å²) in [5.74, 6) is 1.59. The number of guanidine groups is 1. The molecule has 1 heterocycles. The molecular formula is C21H34N4O. The van der Waals surface area contributed by atoms with Crippen LogP contribution in [-0.4, -0.2) is 50.5 Å². The third-order valence-corrected chi connectivity index (χ3v) is 5.37. The molecule has 0 saturated carbocycles. The first-order chi connectivity index (χ1) is 12.4. The molecule has 0 atom stereocenters. The van der Waals surface area contributed by atoms with Crippen molar-refractivity contribution in [2.75, 3.05) is 33.7 Å². The molecule has 1 saturated heterocycles. The van der Waals surface area contributed by atoms with Gasteiger partial charge >= 0.3 is 0 Å². The lowest BCUT2D eigenvalue weighted by atomic mass is 9.84. The molecule has 2 N–H and O–H groups in total. The summed E-state index contributed by atoms with van der Waals surface area (Å²) in [6.45, 7) is 9.39. The van der Waals surface area contributed by atoms with Crippen molar-refractivity contribution in [2.24, 2.45) is 10.9 Å². The Bertz CT molecular complexity index is 631. The van der Waals surface area contributed by atoms with Crippen LogP contribution in [0.1, 0.15) is 44.2 Å². The fourth-order valence-corrected chi connectivity index (χ4v) is 3.51. The number of rotatable bonds is 5. The number of carbonyl (C=O) groups excluding carboxylic acids is 1. The van der Waals surface area contributed by atoms with E-state index in [-0.39, 0.29) is 11.3 Å². The van der Waals surface area contributed by atoms with Crippen molar-refractivity contribution in [1.82, 2.24) is 15.5 Å². The highest BCUT2D eigenvalue weighted by molar-refractivity contribution is 5.80. The molecule has 0 unspecified atom stereocenters. The first kappa shape index (κ1) is 20.3. The summed E-state index contributed by atoms with van der Waals surface area (Å²) in [6.07, 6.45) is 2.71. The Kier molecular flexibility index (Phi) is 7.06. The van der Waals surface area contributed by atoms with E-state index in [1.165, 1.54) is 11.1 Å². The molecule has 0 radical (unpaired) electrons. The average molecular weight is 359 g/mol. The van der Waals surface area contributed by atoms with Crippen LogP contribution in [0.25, 0.3) is 0 Å². The molecule has 0 aliphatic carbocycles. The monoisotopic (exact) mass is 358 g/mol. The summed E-state index contributed by atoms with van der Waals surface area (Å²) in [5.41, 5.74) is 2.65. The molecule has 1 aliphatic heterocycles. The standard InChI is InChI=1S/C21H34N4O/c1-16-7-6-8-18(13-16)21(2,3)15-24-20(23-5)25-11-9-17(10-12-25)14-19(26)22-4/h6-8,13,17H,9-12,14-15H2,1-5H3,(H,22,26)(H,23,24). The number of likely N-dealkylation sites (tertiary alicyclic amines) is 1. The highest BCUT2D eigenvalue weighted by Gasteiger charge is 2.25. The first-order valence-corrected chi connectivity index (χ1v) is 9.59. The Hall–Kier alpha value is -2.04. The zero-order chi connectivity index (χ0) is 19.2. The zero-order valence-electron chi connectivity index (χ0n) is 16.9. The molecule has 0 spiro atoms. The predicted octanol–water partition coefficient (Wildman–Crippen LogP) is 2.70. The molecule has 144 valence electrons. The summed E-state index contributed by atoms with van der Waals surface area (Å²) >= 11 is 0. The van der Waals surface area contributed by atoms with Gasteiger partial charge in [0.1, 0.15) is 0 Å². The maximum atomic E-state index is 11.6. The Morgan fingerprint density at radius 3 is 2.58 bits per heavy atom. The van der Waals surface area contributed by atoms with Gasteiger partial charge in [0.05, 0.1) is 0 Å². The van der Waals surface area contributed by atoms with E-state index in [2.05, 4.69) is 65.6 Å². The highest BCUT2D eigenvalue weighted by Crippen LogP contribution is 2.24. The van der Waals surface area contributed by atoms with E-state index in [1.54, 1.807) is 7.05 Å². The van der Waals surface area contributed by atoms with Crippen LogP contribution < -0.4 is 10.6 Å². The minimum Gasteiger partial charge on any atom is -0.359 e. The highest BCUT2D eigenvalue weighted by atomic mass is 16.1. The number of amides is 1. The normalized spacial score (nSPS) is 16.5. The van der Waals surface area contributed by atoms with Crippen molar-refractivity contribution in [3.8, 4) is 0 Å². The first-order valence-electron chi connectivity index (χ1n) is 9.59. The van der Waals surface area contributed by atoms with Gasteiger partial charge in [-0.15, -0.1) is 0 Å². The Labute approximate surface area is 158 Å². The van der Waals surface area contributed by atoms with Crippen LogP contribution in [0.3, 0.4) is 0 Å². The summed E-state index contributed by atoms with van der Waals surface area (Å²) in [4.78, 5) is 18.4. The minimum atomic E-state index is 0.0273. The number of nitrogens with zero attached hydrogens (tertiary/aromatic N) is 2. The van der Waals surface area contributed by atoms with Gasteiger partial charge in [0.15, 0.2) is 5.96 Å². The number of carbonyl (C=O) groups is 1.